The van der Waals surface area contributed by atoms with E-state index in [1.807, 2.05) is 12.1 Å². The molecule has 1 heterocycles. The molecular formula is C21H17BrFN3O3. The van der Waals surface area contributed by atoms with E-state index < -0.39 is 17.6 Å². The van der Waals surface area contributed by atoms with E-state index in [0.29, 0.717) is 5.75 Å². The Morgan fingerprint density at radius 3 is 2.21 bits per heavy atom. The molecule has 1 aromatic heterocycles. The molecule has 29 heavy (non-hydrogen) atoms. The molecule has 3 aromatic rings. The SMILES string of the molecule is O=C(NCCNC(=O)c1cccnc1Oc1ccc(Br)cc1)c1ccccc1F. The van der Waals surface area contributed by atoms with Gasteiger partial charge in [-0.1, -0.05) is 28.1 Å². The van der Waals surface area contributed by atoms with Gasteiger partial charge in [-0.25, -0.2) is 9.37 Å². The molecule has 0 bridgehead atoms. The minimum atomic E-state index is -0.598. The fourth-order valence-electron chi connectivity index (χ4n) is 2.45. The van der Waals surface area contributed by atoms with Gasteiger partial charge in [-0.15, -0.1) is 0 Å². The summed E-state index contributed by atoms with van der Waals surface area (Å²) in [4.78, 5) is 28.5. The van der Waals surface area contributed by atoms with Crippen molar-refractivity contribution in [1.82, 2.24) is 15.6 Å². The van der Waals surface area contributed by atoms with Gasteiger partial charge in [-0.3, -0.25) is 9.59 Å². The summed E-state index contributed by atoms with van der Waals surface area (Å²) in [6, 6.07) is 16.0. The van der Waals surface area contributed by atoms with Crippen molar-refractivity contribution in [2.45, 2.75) is 0 Å². The Bertz CT molecular complexity index is 1010. The Kier molecular flexibility index (Phi) is 6.91. The van der Waals surface area contributed by atoms with E-state index in [2.05, 4.69) is 31.5 Å². The van der Waals surface area contributed by atoms with Crippen LogP contribution in [0.2, 0.25) is 0 Å². The highest BCUT2D eigenvalue weighted by molar-refractivity contribution is 9.10. The number of carbonyl (C=O) groups excluding carboxylic acids is 2. The Morgan fingerprint density at radius 1 is 0.897 bits per heavy atom. The maximum Gasteiger partial charge on any atom is 0.256 e. The lowest BCUT2D eigenvalue weighted by atomic mass is 10.2. The van der Waals surface area contributed by atoms with Crippen LogP contribution in [0.25, 0.3) is 0 Å². The van der Waals surface area contributed by atoms with Gasteiger partial charge in [0, 0.05) is 23.8 Å². The summed E-state index contributed by atoms with van der Waals surface area (Å²) >= 11 is 3.35. The van der Waals surface area contributed by atoms with E-state index in [4.69, 9.17) is 4.74 Å². The van der Waals surface area contributed by atoms with Crippen molar-refractivity contribution in [3.63, 3.8) is 0 Å². The van der Waals surface area contributed by atoms with Crippen LogP contribution in [0.4, 0.5) is 4.39 Å². The number of hydrogen-bond acceptors (Lipinski definition) is 4. The first kappa shape index (κ1) is 20.5. The molecular weight excluding hydrogens is 441 g/mol. The Hall–Kier alpha value is -3.26. The molecule has 0 atom stereocenters. The number of pyridine rings is 1. The van der Waals surface area contributed by atoms with E-state index in [0.717, 1.165) is 4.47 Å². The average molecular weight is 458 g/mol. The molecule has 0 saturated carbocycles. The van der Waals surface area contributed by atoms with Crippen molar-refractivity contribution in [2.75, 3.05) is 13.1 Å². The van der Waals surface area contributed by atoms with Gasteiger partial charge in [0.1, 0.15) is 17.1 Å². The third kappa shape index (κ3) is 5.61. The van der Waals surface area contributed by atoms with Gasteiger partial charge in [-0.05, 0) is 48.5 Å². The summed E-state index contributed by atoms with van der Waals surface area (Å²) in [5.74, 6) is -0.830. The minimum Gasteiger partial charge on any atom is -0.438 e. The van der Waals surface area contributed by atoms with Gasteiger partial charge < -0.3 is 15.4 Å². The third-order valence-corrected chi connectivity index (χ3v) is 4.39. The first-order chi connectivity index (χ1) is 14.0. The van der Waals surface area contributed by atoms with Gasteiger partial charge in [0.2, 0.25) is 5.88 Å². The summed E-state index contributed by atoms with van der Waals surface area (Å²) in [5, 5.41) is 5.24. The number of nitrogens with one attached hydrogen (secondary N) is 2. The predicted molar refractivity (Wildman–Crippen MR) is 110 cm³/mol. The van der Waals surface area contributed by atoms with Crippen molar-refractivity contribution >= 4 is 27.7 Å². The standard InChI is InChI=1S/C21H17BrFN3O3/c22-14-7-9-15(10-8-14)29-21-17(5-3-11-26-21)20(28)25-13-12-24-19(27)16-4-1-2-6-18(16)23/h1-11H,12-13H2,(H,24,27)(H,25,28). The normalized spacial score (nSPS) is 10.3. The van der Waals surface area contributed by atoms with Crippen LogP contribution in [-0.4, -0.2) is 29.9 Å². The number of hydrogen-bond donors (Lipinski definition) is 2. The van der Waals surface area contributed by atoms with Gasteiger partial charge >= 0.3 is 0 Å². The molecule has 0 aliphatic heterocycles. The fourth-order valence-corrected chi connectivity index (χ4v) is 2.71. The monoisotopic (exact) mass is 457 g/mol. The number of nitrogens with zero attached hydrogens (tertiary/aromatic N) is 1. The highest BCUT2D eigenvalue weighted by Gasteiger charge is 2.14. The van der Waals surface area contributed by atoms with Crippen molar-refractivity contribution < 1.29 is 18.7 Å². The van der Waals surface area contributed by atoms with Crippen LogP contribution >= 0.6 is 15.9 Å². The second-order valence-electron chi connectivity index (χ2n) is 5.90. The number of ether oxygens (including phenoxy) is 1. The molecule has 148 valence electrons. The number of halogens is 2. The van der Waals surface area contributed by atoms with Crippen molar-refractivity contribution in [3.05, 3.63) is 88.3 Å². The van der Waals surface area contributed by atoms with Crippen LogP contribution in [0.15, 0.2) is 71.3 Å². The highest BCUT2D eigenvalue weighted by Crippen LogP contribution is 2.24. The molecule has 0 aliphatic rings. The van der Waals surface area contributed by atoms with Crippen LogP contribution in [0.5, 0.6) is 11.6 Å². The van der Waals surface area contributed by atoms with Crippen LogP contribution < -0.4 is 15.4 Å². The lowest BCUT2D eigenvalue weighted by Crippen LogP contribution is -2.35. The molecule has 2 aromatic carbocycles. The van der Waals surface area contributed by atoms with E-state index in [1.54, 1.807) is 30.3 Å². The highest BCUT2D eigenvalue weighted by atomic mass is 79.9. The molecule has 2 N–H and O–H groups in total. The van der Waals surface area contributed by atoms with Crippen molar-refractivity contribution in [1.29, 1.82) is 0 Å². The Balaban J connectivity index is 1.55. The number of benzene rings is 2. The van der Waals surface area contributed by atoms with Crippen molar-refractivity contribution in [2.24, 2.45) is 0 Å². The minimum absolute atomic E-state index is 0.0451. The lowest BCUT2D eigenvalue weighted by Gasteiger charge is -2.11. The zero-order chi connectivity index (χ0) is 20.6. The third-order valence-electron chi connectivity index (χ3n) is 3.86. The second-order valence-corrected chi connectivity index (χ2v) is 6.82. The second kappa shape index (κ2) is 9.79. The number of amides is 2. The van der Waals surface area contributed by atoms with Gasteiger partial charge in [0.15, 0.2) is 0 Å². The Morgan fingerprint density at radius 2 is 1.52 bits per heavy atom. The summed E-state index contributed by atoms with van der Waals surface area (Å²) in [6.07, 6.45) is 1.53. The summed E-state index contributed by atoms with van der Waals surface area (Å²) in [7, 11) is 0. The summed E-state index contributed by atoms with van der Waals surface area (Å²) in [5.41, 5.74) is 0.215. The quantitative estimate of drug-likeness (QED) is 0.526. The van der Waals surface area contributed by atoms with E-state index in [1.165, 1.54) is 24.4 Å². The van der Waals surface area contributed by atoms with E-state index in [-0.39, 0.29) is 30.1 Å². The Labute approximate surface area is 175 Å². The van der Waals surface area contributed by atoms with Crippen LogP contribution in [0.3, 0.4) is 0 Å². The van der Waals surface area contributed by atoms with Crippen LogP contribution in [-0.2, 0) is 0 Å². The van der Waals surface area contributed by atoms with Crippen LogP contribution in [0.1, 0.15) is 20.7 Å². The molecule has 0 radical (unpaired) electrons. The maximum absolute atomic E-state index is 13.6. The first-order valence-corrected chi connectivity index (χ1v) is 9.53. The summed E-state index contributed by atoms with van der Waals surface area (Å²) in [6.45, 7) is 0.299. The topological polar surface area (TPSA) is 80.3 Å². The molecule has 0 aliphatic carbocycles. The summed E-state index contributed by atoms with van der Waals surface area (Å²) < 4.78 is 20.2. The van der Waals surface area contributed by atoms with Crippen LogP contribution in [0, 0.1) is 5.82 Å². The molecule has 0 unspecified atom stereocenters. The average Bonchev–Trinajstić information content (AvgIpc) is 2.73. The van der Waals surface area contributed by atoms with Gasteiger partial charge in [0.25, 0.3) is 11.8 Å². The molecule has 8 heteroatoms. The zero-order valence-electron chi connectivity index (χ0n) is 15.2. The van der Waals surface area contributed by atoms with Crippen molar-refractivity contribution in [3.8, 4) is 11.6 Å². The number of rotatable bonds is 7. The number of aromatic nitrogens is 1. The smallest absolute Gasteiger partial charge is 0.256 e. The zero-order valence-corrected chi connectivity index (χ0v) is 16.8. The molecule has 2 amide bonds. The lowest BCUT2D eigenvalue weighted by molar-refractivity contribution is 0.0924. The van der Waals surface area contributed by atoms with Gasteiger partial charge in [0.05, 0.1) is 5.56 Å². The first-order valence-electron chi connectivity index (χ1n) is 8.74. The van der Waals surface area contributed by atoms with E-state index in [9.17, 15) is 14.0 Å². The largest absolute Gasteiger partial charge is 0.438 e. The van der Waals surface area contributed by atoms with E-state index >= 15 is 0 Å². The molecule has 0 spiro atoms. The molecule has 6 nitrogen and oxygen atoms in total. The number of carbonyl (C=O) groups is 2. The van der Waals surface area contributed by atoms with Gasteiger partial charge in [-0.2, -0.15) is 0 Å². The predicted octanol–water partition coefficient (Wildman–Crippen LogP) is 3.94. The maximum atomic E-state index is 13.6. The fraction of sp³-hybridized carbons (Fsp3) is 0.0952. The molecule has 3 rings (SSSR count). The molecule has 0 fully saturated rings. The molecule has 0 saturated heterocycles.